The highest BCUT2D eigenvalue weighted by atomic mass is 32.1. The van der Waals surface area contributed by atoms with Crippen LogP contribution in [0.2, 0.25) is 0 Å². The Morgan fingerprint density at radius 1 is 1.24 bits per heavy atom. The molecule has 6 nitrogen and oxygen atoms in total. The molecule has 2 heterocycles. The van der Waals surface area contributed by atoms with Crippen LogP contribution in [0.5, 0.6) is 0 Å². The van der Waals surface area contributed by atoms with Crippen molar-refractivity contribution in [3.8, 4) is 0 Å². The summed E-state index contributed by atoms with van der Waals surface area (Å²) in [6, 6.07) is 0.333. The van der Waals surface area contributed by atoms with Crippen LogP contribution in [0.15, 0.2) is 0 Å². The number of anilines is 1. The Bertz CT molecular complexity index is 672. The van der Waals surface area contributed by atoms with E-state index in [0.717, 1.165) is 37.2 Å². The number of hydrogen-bond acceptors (Lipinski definition) is 5. The van der Waals surface area contributed by atoms with Gasteiger partial charge in [-0.25, -0.2) is 0 Å². The summed E-state index contributed by atoms with van der Waals surface area (Å²) in [6.45, 7) is 9.72. The lowest BCUT2D eigenvalue weighted by atomic mass is 9.65. The van der Waals surface area contributed by atoms with Gasteiger partial charge in [0.15, 0.2) is 0 Å². The second-order valence-electron chi connectivity index (χ2n) is 8.64. The molecule has 1 aliphatic heterocycles. The normalized spacial score (nSPS) is 27.4. The van der Waals surface area contributed by atoms with Gasteiger partial charge in [-0.05, 0) is 36.5 Å². The molecule has 0 unspecified atom stereocenters. The molecule has 0 aromatic carbocycles. The summed E-state index contributed by atoms with van der Waals surface area (Å²) < 4.78 is 0. The van der Waals surface area contributed by atoms with Crippen molar-refractivity contribution in [2.24, 2.45) is 10.8 Å². The first-order valence-corrected chi connectivity index (χ1v) is 9.93. The molecule has 138 valence electrons. The zero-order valence-electron chi connectivity index (χ0n) is 15.6. The maximum atomic E-state index is 12.7. The first-order valence-electron chi connectivity index (χ1n) is 9.11. The van der Waals surface area contributed by atoms with Gasteiger partial charge >= 0.3 is 0 Å². The van der Waals surface area contributed by atoms with E-state index >= 15 is 0 Å². The van der Waals surface area contributed by atoms with E-state index in [1.54, 1.807) is 0 Å². The zero-order chi connectivity index (χ0) is 18.2. The minimum atomic E-state index is -0.166. The molecular formula is C18H28N4O2S. The highest BCUT2D eigenvalue weighted by molar-refractivity contribution is 7.15. The number of nitrogens with zero attached hydrogens (tertiary/aromatic N) is 3. The fourth-order valence-electron chi connectivity index (χ4n) is 4.74. The van der Waals surface area contributed by atoms with Gasteiger partial charge in [-0.3, -0.25) is 9.59 Å². The van der Waals surface area contributed by atoms with Gasteiger partial charge in [-0.15, -0.1) is 10.2 Å². The van der Waals surface area contributed by atoms with E-state index in [1.165, 1.54) is 11.3 Å². The van der Waals surface area contributed by atoms with Gasteiger partial charge in [0.25, 0.3) is 0 Å². The molecule has 2 bridgehead atoms. The lowest BCUT2D eigenvalue weighted by Crippen LogP contribution is -2.38. The number of nitrogens with one attached hydrogen (secondary N) is 1. The molecule has 1 aromatic heterocycles. The molecule has 1 saturated carbocycles. The van der Waals surface area contributed by atoms with Gasteiger partial charge in [-0.2, -0.15) is 0 Å². The fraction of sp³-hybridized carbons (Fsp3) is 0.778. The third-order valence-corrected chi connectivity index (χ3v) is 6.30. The smallest absolute Gasteiger partial charge is 0.226 e. The monoisotopic (exact) mass is 364 g/mol. The molecule has 1 aromatic rings. The van der Waals surface area contributed by atoms with Gasteiger partial charge in [0, 0.05) is 25.4 Å². The van der Waals surface area contributed by atoms with E-state index in [9.17, 15) is 9.59 Å². The van der Waals surface area contributed by atoms with Crippen molar-refractivity contribution in [2.75, 3.05) is 11.9 Å². The summed E-state index contributed by atoms with van der Waals surface area (Å²) >= 11 is 1.38. The van der Waals surface area contributed by atoms with Gasteiger partial charge in [0.05, 0.1) is 0 Å². The Balaban J connectivity index is 1.52. The molecule has 1 aliphatic carbocycles. The number of hydrogen-bond donors (Lipinski definition) is 1. The standard InChI is InChI=1S/C18H28N4O2S/c1-5-14-20-21-16(25-14)19-13(23)6-7-15(24)22-11-18(4)9-12(22)8-17(2,3)10-18/h12H,5-11H2,1-4H3,(H,19,21,23)/t12-,18-/m1/s1. The molecule has 7 heteroatoms. The van der Waals surface area contributed by atoms with Gasteiger partial charge in [0.1, 0.15) is 5.01 Å². The van der Waals surface area contributed by atoms with Crippen LogP contribution >= 0.6 is 11.3 Å². The van der Waals surface area contributed by atoms with Crippen molar-refractivity contribution >= 4 is 28.3 Å². The first kappa shape index (κ1) is 18.3. The van der Waals surface area contributed by atoms with Crippen molar-refractivity contribution in [1.82, 2.24) is 15.1 Å². The summed E-state index contributed by atoms with van der Waals surface area (Å²) in [5.74, 6) is -0.0612. The number of carbonyl (C=O) groups excluding carboxylic acids is 2. The van der Waals surface area contributed by atoms with Gasteiger partial charge < -0.3 is 10.2 Å². The molecule has 2 aliphatic rings. The summed E-state index contributed by atoms with van der Waals surface area (Å²) in [4.78, 5) is 26.8. The molecule has 0 spiro atoms. The van der Waals surface area contributed by atoms with E-state index in [4.69, 9.17) is 0 Å². The number of carbonyl (C=O) groups is 2. The Morgan fingerprint density at radius 3 is 2.68 bits per heavy atom. The summed E-state index contributed by atoms with van der Waals surface area (Å²) in [5.41, 5.74) is 0.520. The van der Waals surface area contributed by atoms with E-state index in [2.05, 4.69) is 36.3 Å². The topological polar surface area (TPSA) is 75.2 Å². The molecule has 25 heavy (non-hydrogen) atoms. The Labute approximate surface area is 153 Å². The SMILES string of the molecule is CCc1nnc(NC(=O)CCC(=O)N2C[C@]3(C)C[C@H]2CC(C)(C)C3)s1. The van der Waals surface area contributed by atoms with Crippen molar-refractivity contribution < 1.29 is 9.59 Å². The maximum absolute atomic E-state index is 12.7. The van der Waals surface area contributed by atoms with Crippen molar-refractivity contribution in [3.05, 3.63) is 5.01 Å². The minimum absolute atomic E-state index is 0.105. The number of likely N-dealkylation sites (tertiary alicyclic amines) is 1. The quantitative estimate of drug-likeness (QED) is 0.870. The molecule has 3 rings (SSSR count). The number of fused-ring (bicyclic) bond motifs is 2. The molecule has 1 N–H and O–H groups in total. The largest absolute Gasteiger partial charge is 0.339 e. The molecule has 1 saturated heterocycles. The minimum Gasteiger partial charge on any atom is -0.339 e. The highest BCUT2D eigenvalue weighted by Gasteiger charge is 2.50. The van der Waals surface area contributed by atoms with Crippen molar-refractivity contribution in [3.63, 3.8) is 0 Å². The van der Waals surface area contributed by atoms with E-state index in [1.807, 2.05) is 11.8 Å². The Kier molecular flexibility index (Phi) is 4.88. The fourth-order valence-corrected chi connectivity index (χ4v) is 5.44. The molecular weight excluding hydrogens is 336 g/mol. The predicted molar refractivity (Wildman–Crippen MR) is 98.4 cm³/mol. The highest BCUT2D eigenvalue weighted by Crippen LogP contribution is 2.52. The van der Waals surface area contributed by atoms with Crippen LogP contribution in [0.1, 0.15) is 64.8 Å². The van der Waals surface area contributed by atoms with E-state index in [0.29, 0.717) is 16.6 Å². The van der Waals surface area contributed by atoms with Crippen LogP contribution in [0, 0.1) is 10.8 Å². The van der Waals surface area contributed by atoms with Crippen LogP contribution < -0.4 is 5.32 Å². The number of aromatic nitrogens is 2. The summed E-state index contributed by atoms with van der Waals surface area (Å²) in [7, 11) is 0. The Hall–Kier alpha value is -1.50. The third-order valence-electron chi connectivity index (χ3n) is 5.32. The third kappa shape index (κ3) is 4.19. The van der Waals surface area contributed by atoms with Crippen LogP contribution in [0.3, 0.4) is 0 Å². The number of rotatable bonds is 5. The van der Waals surface area contributed by atoms with Crippen LogP contribution in [-0.2, 0) is 16.0 Å². The lowest BCUT2D eigenvalue weighted by molar-refractivity contribution is -0.133. The van der Waals surface area contributed by atoms with Crippen LogP contribution in [-0.4, -0.2) is 39.5 Å². The number of aryl methyl sites for hydroxylation is 1. The maximum Gasteiger partial charge on any atom is 0.226 e. The summed E-state index contributed by atoms with van der Waals surface area (Å²) in [6.07, 6.45) is 4.58. The van der Waals surface area contributed by atoms with E-state index in [-0.39, 0.29) is 30.1 Å². The van der Waals surface area contributed by atoms with Crippen molar-refractivity contribution in [1.29, 1.82) is 0 Å². The lowest BCUT2D eigenvalue weighted by Gasteiger charge is -2.39. The summed E-state index contributed by atoms with van der Waals surface area (Å²) in [5, 5.41) is 12.1. The van der Waals surface area contributed by atoms with Crippen LogP contribution in [0.25, 0.3) is 0 Å². The van der Waals surface area contributed by atoms with Crippen LogP contribution in [0.4, 0.5) is 5.13 Å². The average molecular weight is 365 g/mol. The average Bonchev–Trinajstić information content (AvgIpc) is 3.05. The first-order chi connectivity index (χ1) is 11.7. The zero-order valence-corrected chi connectivity index (χ0v) is 16.4. The number of amides is 2. The van der Waals surface area contributed by atoms with Gasteiger partial charge in [0.2, 0.25) is 16.9 Å². The second-order valence-corrected chi connectivity index (χ2v) is 9.70. The van der Waals surface area contributed by atoms with E-state index < -0.39 is 0 Å². The van der Waals surface area contributed by atoms with Gasteiger partial charge in [-0.1, -0.05) is 39.0 Å². The second kappa shape index (κ2) is 6.67. The predicted octanol–water partition coefficient (Wildman–Crippen LogP) is 3.25. The molecule has 2 amide bonds. The van der Waals surface area contributed by atoms with Crippen molar-refractivity contribution in [2.45, 2.75) is 72.3 Å². The molecule has 2 fully saturated rings. The Morgan fingerprint density at radius 2 is 2.00 bits per heavy atom. The molecule has 2 atom stereocenters. The molecule has 0 radical (unpaired) electrons.